The Hall–Kier alpha value is -4.50. The van der Waals surface area contributed by atoms with E-state index in [-0.39, 0.29) is 33.2 Å². The van der Waals surface area contributed by atoms with Crippen LogP contribution < -0.4 is 10.4 Å². The van der Waals surface area contributed by atoms with Crippen LogP contribution in [0.2, 0.25) is 0 Å². The summed E-state index contributed by atoms with van der Waals surface area (Å²) in [4.78, 5) is 3.11. The van der Waals surface area contributed by atoms with Crippen molar-refractivity contribution in [2.24, 2.45) is 10.8 Å². The predicted octanol–water partition coefficient (Wildman–Crippen LogP) is 7.11. The fourth-order valence-corrected chi connectivity index (χ4v) is 9.46. The first-order chi connectivity index (χ1) is 22.8. The quantitative estimate of drug-likeness (QED) is 0.167. The maximum Gasteiger partial charge on any atom is 0.142 e. The van der Waals surface area contributed by atoms with Gasteiger partial charge in [0.1, 0.15) is 44.9 Å². The van der Waals surface area contributed by atoms with E-state index in [0.717, 1.165) is 56.4 Å². The molecule has 0 aliphatic heterocycles. The zero-order valence-electron chi connectivity index (χ0n) is 30.6. The Morgan fingerprint density at radius 1 is 0.510 bits per heavy atom. The normalized spacial score (nSPS) is 13.1. The molecule has 0 radical (unpaired) electrons. The fourth-order valence-electron chi connectivity index (χ4n) is 7.71. The highest BCUT2D eigenvalue weighted by Crippen LogP contribution is 2.39. The van der Waals surface area contributed by atoms with Crippen molar-refractivity contribution in [3.8, 4) is 22.9 Å². The molecule has 2 N–H and O–H groups in total. The van der Waals surface area contributed by atoms with Gasteiger partial charge in [-0.05, 0) is 92.4 Å². The first-order valence-electron chi connectivity index (χ1n) is 17.2. The zero-order valence-corrected chi connectivity index (χ0v) is 32.0. The minimum absolute atomic E-state index is 0.0816. The van der Waals surface area contributed by atoms with E-state index >= 15 is 0 Å². The van der Waals surface area contributed by atoms with E-state index in [1.165, 1.54) is 0 Å². The number of benzene rings is 4. The molecule has 0 amide bonds. The SMILES string of the molecule is CC(C)(C)CC(C)(C)c1cc([SiH2]c2cc(C(C)(C)CC(C)(C)C)cc(-n3nc4ccccc4n3)c2O)c(O)c(-n2nc3ccccc3n2)c1. The lowest BCUT2D eigenvalue weighted by Gasteiger charge is -2.34. The molecule has 0 aliphatic carbocycles. The molecule has 4 aromatic carbocycles. The van der Waals surface area contributed by atoms with E-state index in [1.54, 1.807) is 9.59 Å². The molecule has 2 aromatic heterocycles. The minimum Gasteiger partial charge on any atom is -0.506 e. The summed E-state index contributed by atoms with van der Waals surface area (Å²) in [5.41, 5.74) is 6.07. The molecule has 0 unspecified atom stereocenters. The van der Waals surface area contributed by atoms with Crippen molar-refractivity contribution in [1.29, 1.82) is 0 Å². The van der Waals surface area contributed by atoms with Crippen molar-refractivity contribution in [2.75, 3.05) is 0 Å². The monoisotopic (exact) mass is 674 g/mol. The second-order valence-electron chi connectivity index (χ2n) is 17.4. The lowest BCUT2D eigenvalue weighted by atomic mass is 9.72. The number of phenols is 2. The molecule has 0 saturated heterocycles. The highest BCUT2D eigenvalue weighted by molar-refractivity contribution is 6.69. The Balaban J connectivity index is 1.55. The van der Waals surface area contributed by atoms with Crippen LogP contribution in [-0.4, -0.2) is 49.7 Å². The first kappa shape index (κ1) is 34.4. The van der Waals surface area contributed by atoms with E-state index in [0.29, 0.717) is 11.4 Å². The van der Waals surface area contributed by atoms with Gasteiger partial charge in [0.15, 0.2) is 0 Å². The van der Waals surface area contributed by atoms with E-state index in [1.807, 2.05) is 60.7 Å². The second kappa shape index (κ2) is 12.1. The summed E-state index contributed by atoms with van der Waals surface area (Å²) in [6.45, 7) is 22.6. The van der Waals surface area contributed by atoms with Crippen LogP contribution >= 0.6 is 0 Å². The van der Waals surface area contributed by atoms with Gasteiger partial charge in [-0.2, -0.15) is 0 Å². The fraction of sp³-hybridized carbons (Fsp3) is 0.400. The molecule has 0 bridgehead atoms. The molecule has 0 saturated carbocycles. The summed E-state index contributed by atoms with van der Waals surface area (Å²) in [7, 11) is -1.48. The predicted molar refractivity (Wildman–Crippen MR) is 203 cm³/mol. The van der Waals surface area contributed by atoms with Gasteiger partial charge in [0.05, 0.1) is 9.52 Å². The lowest BCUT2D eigenvalue weighted by molar-refractivity contribution is 0.283. The number of fused-ring (bicyclic) bond motifs is 2. The van der Waals surface area contributed by atoms with Crippen molar-refractivity contribution >= 4 is 42.0 Å². The topological polar surface area (TPSA) is 102 Å². The molecule has 256 valence electrons. The Labute approximate surface area is 292 Å². The van der Waals surface area contributed by atoms with E-state index < -0.39 is 9.52 Å². The number of rotatable bonds is 8. The van der Waals surface area contributed by atoms with Gasteiger partial charge in [-0.15, -0.1) is 30.0 Å². The van der Waals surface area contributed by atoms with Crippen molar-refractivity contribution in [2.45, 2.75) is 92.9 Å². The molecular formula is C40H50N6O2Si. The average Bonchev–Trinajstić information content (AvgIpc) is 3.61. The van der Waals surface area contributed by atoms with Gasteiger partial charge in [0.25, 0.3) is 0 Å². The summed E-state index contributed by atoms with van der Waals surface area (Å²) < 4.78 is 0. The molecule has 2 heterocycles. The maximum absolute atomic E-state index is 12.0. The van der Waals surface area contributed by atoms with Crippen LogP contribution in [0.1, 0.15) is 93.2 Å². The van der Waals surface area contributed by atoms with Crippen LogP contribution in [0.4, 0.5) is 0 Å². The molecule has 0 spiro atoms. The average molecular weight is 675 g/mol. The summed E-state index contributed by atoms with van der Waals surface area (Å²) in [5, 5.41) is 44.7. The lowest BCUT2D eigenvalue weighted by Crippen LogP contribution is -2.34. The number of aromatic hydroxyl groups is 2. The van der Waals surface area contributed by atoms with Crippen LogP contribution in [0.3, 0.4) is 0 Å². The van der Waals surface area contributed by atoms with E-state index in [9.17, 15) is 10.2 Å². The molecule has 6 rings (SSSR count). The summed E-state index contributed by atoms with van der Waals surface area (Å²) in [6, 6.07) is 23.8. The molecule has 49 heavy (non-hydrogen) atoms. The van der Waals surface area contributed by atoms with Crippen LogP contribution in [0, 0.1) is 10.8 Å². The minimum atomic E-state index is -1.48. The summed E-state index contributed by atoms with van der Waals surface area (Å²) in [6.07, 6.45) is 1.87. The molecule has 8 nitrogen and oxygen atoms in total. The standard InChI is InChI=1S/C40H50N6O2Si/c1-37(2,3)23-39(7,8)25-19-31(45-41-27-15-11-12-16-28(27)42-45)35(47)33(21-25)49-34-22-26(40(9,10)24-38(4,5)6)20-32(36(34)48)46-43-29-17-13-14-18-30(29)44-46/h11-22,47-48H,23-24,49H2,1-10H3. The largest absolute Gasteiger partial charge is 0.506 e. The Kier molecular flexibility index (Phi) is 8.50. The van der Waals surface area contributed by atoms with Crippen molar-refractivity contribution < 1.29 is 10.2 Å². The molecule has 0 fully saturated rings. The molecule has 6 aromatic rings. The Morgan fingerprint density at radius 2 is 0.816 bits per heavy atom. The second-order valence-corrected chi connectivity index (χ2v) is 19.3. The molecule has 0 aliphatic rings. The maximum atomic E-state index is 12.0. The Morgan fingerprint density at radius 3 is 1.10 bits per heavy atom. The third-order valence-corrected chi connectivity index (χ3v) is 11.1. The summed E-state index contributed by atoms with van der Waals surface area (Å²) in [5.74, 6) is 0.288. The van der Waals surface area contributed by atoms with Gasteiger partial charge in [-0.1, -0.05) is 106 Å². The van der Waals surface area contributed by atoms with Crippen LogP contribution in [0.25, 0.3) is 33.4 Å². The highest BCUT2D eigenvalue weighted by atomic mass is 28.2. The smallest absolute Gasteiger partial charge is 0.142 e. The van der Waals surface area contributed by atoms with Gasteiger partial charge >= 0.3 is 0 Å². The molecule has 0 atom stereocenters. The first-order valence-corrected chi connectivity index (χ1v) is 18.6. The van der Waals surface area contributed by atoms with E-state index in [2.05, 4.69) is 81.4 Å². The van der Waals surface area contributed by atoms with Crippen LogP contribution in [0.15, 0.2) is 72.8 Å². The van der Waals surface area contributed by atoms with Gasteiger partial charge in [0.2, 0.25) is 0 Å². The number of hydrogen-bond acceptors (Lipinski definition) is 6. The van der Waals surface area contributed by atoms with Gasteiger partial charge < -0.3 is 10.2 Å². The highest BCUT2D eigenvalue weighted by Gasteiger charge is 2.32. The van der Waals surface area contributed by atoms with Gasteiger partial charge in [0, 0.05) is 0 Å². The number of nitrogens with zero attached hydrogens (tertiary/aromatic N) is 6. The van der Waals surface area contributed by atoms with E-state index in [4.69, 9.17) is 20.4 Å². The number of aromatic nitrogens is 6. The molecule has 9 heteroatoms. The van der Waals surface area contributed by atoms with Crippen molar-refractivity contribution in [1.82, 2.24) is 30.0 Å². The summed E-state index contributed by atoms with van der Waals surface area (Å²) >= 11 is 0. The molecular weight excluding hydrogens is 625 g/mol. The third kappa shape index (κ3) is 7.27. The van der Waals surface area contributed by atoms with Gasteiger partial charge in [-0.25, -0.2) is 0 Å². The van der Waals surface area contributed by atoms with Gasteiger partial charge in [-0.3, -0.25) is 0 Å². The zero-order chi connectivity index (χ0) is 35.5. The van der Waals surface area contributed by atoms with Crippen molar-refractivity contribution in [3.63, 3.8) is 0 Å². The van der Waals surface area contributed by atoms with Crippen molar-refractivity contribution in [3.05, 3.63) is 83.9 Å². The third-order valence-electron chi connectivity index (χ3n) is 9.23. The van der Waals surface area contributed by atoms with Crippen LogP contribution in [0.5, 0.6) is 11.5 Å². The Bertz CT molecular complexity index is 1940. The number of hydrogen-bond donors (Lipinski definition) is 2. The number of phenolic OH excluding ortho intramolecular Hbond substituents is 2. The van der Waals surface area contributed by atoms with Crippen LogP contribution in [-0.2, 0) is 10.8 Å².